The van der Waals surface area contributed by atoms with Crippen LogP contribution >= 0.6 is 11.3 Å². The van der Waals surface area contributed by atoms with E-state index in [1.54, 1.807) is 17.7 Å². The van der Waals surface area contributed by atoms with E-state index in [1.165, 1.54) is 24.2 Å². The fourth-order valence-electron chi connectivity index (χ4n) is 2.35. The number of hydrogen-bond donors (Lipinski definition) is 1. The average molecular weight is 248 g/mol. The van der Waals surface area contributed by atoms with Crippen molar-refractivity contribution in [1.82, 2.24) is 14.9 Å². The Balaban J connectivity index is 1.70. The summed E-state index contributed by atoms with van der Waals surface area (Å²) >= 11 is 1.70. The number of rotatable bonds is 3. The molecule has 3 heterocycles. The molecule has 0 radical (unpaired) electrons. The summed E-state index contributed by atoms with van der Waals surface area (Å²) in [5, 5.41) is 5.53. The number of thiophene rings is 1. The van der Waals surface area contributed by atoms with Gasteiger partial charge in [0.2, 0.25) is 0 Å². The predicted octanol–water partition coefficient (Wildman–Crippen LogP) is 2.05. The topological polar surface area (TPSA) is 41.0 Å². The Bertz CT molecular complexity index is 510. The molecule has 0 saturated carbocycles. The smallest absolute Gasteiger partial charge is 0.147 e. The molecule has 0 spiro atoms. The van der Waals surface area contributed by atoms with E-state index >= 15 is 0 Å². The monoisotopic (exact) mass is 248 g/mol. The van der Waals surface area contributed by atoms with Crippen LogP contribution in [0.5, 0.6) is 0 Å². The van der Waals surface area contributed by atoms with Gasteiger partial charge in [-0.2, -0.15) is 0 Å². The van der Waals surface area contributed by atoms with E-state index in [0.717, 1.165) is 23.8 Å². The number of aromatic nitrogens is 2. The molecule has 1 aliphatic rings. The number of fused-ring (bicyclic) bond motifs is 1. The molecule has 5 heteroatoms. The van der Waals surface area contributed by atoms with Crippen LogP contribution in [0.25, 0.3) is 10.2 Å². The molecule has 0 amide bonds. The number of nitrogens with one attached hydrogen (secondary N) is 1. The van der Waals surface area contributed by atoms with E-state index < -0.39 is 0 Å². The lowest BCUT2D eigenvalue weighted by Gasteiger charge is -2.12. The fraction of sp³-hybridized carbons (Fsp3) is 0.500. The van der Waals surface area contributed by atoms with Crippen LogP contribution in [0, 0.1) is 5.92 Å². The molecule has 1 unspecified atom stereocenters. The van der Waals surface area contributed by atoms with Crippen molar-refractivity contribution in [1.29, 1.82) is 0 Å². The first kappa shape index (κ1) is 10.9. The maximum Gasteiger partial charge on any atom is 0.147 e. The highest BCUT2D eigenvalue weighted by atomic mass is 32.1. The number of hydrogen-bond acceptors (Lipinski definition) is 5. The molecule has 1 fully saturated rings. The van der Waals surface area contributed by atoms with Crippen LogP contribution in [0.2, 0.25) is 0 Å². The molecular formula is C12H16N4S. The number of nitrogens with zero attached hydrogens (tertiary/aromatic N) is 3. The van der Waals surface area contributed by atoms with Crippen LogP contribution in [0.1, 0.15) is 6.42 Å². The standard InChI is InChI=1S/C12H16N4S/c1-16-4-2-9(7-16)6-13-12-11-10(3-5-17-11)14-8-15-12/h3,5,8-9H,2,4,6-7H2,1H3,(H,13,14,15). The van der Waals surface area contributed by atoms with Gasteiger partial charge in [0.25, 0.3) is 0 Å². The van der Waals surface area contributed by atoms with Crippen LogP contribution in [0.15, 0.2) is 17.8 Å². The average Bonchev–Trinajstić information content (AvgIpc) is 2.94. The van der Waals surface area contributed by atoms with Gasteiger partial charge in [0.05, 0.1) is 10.2 Å². The van der Waals surface area contributed by atoms with Gasteiger partial charge in [-0.3, -0.25) is 0 Å². The zero-order valence-electron chi connectivity index (χ0n) is 9.89. The van der Waals surface area contributed by atoms with Crippen molar-refractivity contribution in [2.45, 2.75) is 6.42 Å². The molecule has 90 valence electrons. The van der Waals surface area contributed by atoms with Crippen molar-refractivity contribution in [3.8, 4) is 0 Å². The Kier molecular flexibility index (Phi) is 2.94. The number of anilines is 1. The van der Waals surface area contributed by atoms with Crippen molar-refractivity contribution in [2.75, 3.05) is 32.0 Å². The predicted molar refractivity (Wildman–Crippen MR) is 71.5 cm³/mol. The lowest BCUT2D eigenvalue weighted by atomic mass is 10.1. The van der Waals surface area contributed by atoms with E-state index in [4.69, 9.17) is 0 Å². The Morgan fingerprint density at radius 3 is 3.29 bits per heavy atom. The molecule has 4 nitrogen and oxygen atoms in total. The van der Waals surface area contributed by atoms with Gasteiger partial charge in [0.1, 0.15) is 12.1 Å². The molecule has 1 saturated heterocycles. The zero-order chi connectivity index (χ0) is 11.7. The van der Waals surface area contributed by atoms with Crippen LogP contribution in [-0.4, -0.2) is 41.5 Å². The molecule has 0 aliphatic carbocycles. The quantitative estimate of drug-likeness (QED) is 0.902. The minimum absolute atomic E-state index is 0.741. The molecular weight excluding hydrogens is 232 g/mol. The van der Waals surface area contributed by atoms with Gasteiger partial charge in [-0.1, -0.05) is 0 Å². The van der Waals surface area contributed by atoms with Gasteiger partial charge in [0, 0.05) is 13.1 Å². The Labute approximate surface area is 105 Å². The zero-order valence-corrected chi connectivity index (χ0v) is 10.7. The van der Waals surface area contributed by atoms with Crippen molar-refractivity contribution in [3.05, 3.63) is 17.8 Å². The second-order valence-corrected chi connectivity index (χ2v) is 5.57. The largest absolute Gasteiger partial charge is 0.368 e. The van der Waals surface area contributed by atoms with Crippen LogP contribution < -0.4 is 5.32 Å². The third kappa shape index (κ3) is 2.25. The van der Waals surface area contributed by atoms with E-state index in [2.05, 4.69) is 32.6 Å². The lowest BCUT2D eigenvalue weighted by molar-refractivity contribution is 0.399. The lowest BCUT2D eigenvalue weighted by Crippen LogP contribution is -2.19. The SMILES string of the molecule is CN1CCC(CNc2ncnc3ccsc23)C1. The van der Waals surface area contributed by atoms with E-state index in [0.29, 0.717) is 0 Å². The Morgan fingerprint density at radius 2 is 2.47 bits per heavy atom. The first-order chi connectivity index (χ1) is 8.33. The molecule has 1 N–H and O–H groups in total. The summed E-state index contributed by atoms with van der Waals surface area (Å²) in [7, 11) is 2.18. The minimum atomic E-state index is 0.741. The van der Waals surface area contributed by atoms with Crippen molar-refractivity contribution in [3.63, 3.8) is 0 Å². The second-order valence-electron chi connectivity index (χ2n) is 4.66. The third-order valence-corrected chi connectivity index (χ3v) is 4.20. The first-order valence-corrected chi connectivity index (χ1v) is 6.81. The molecule has 0 aromatic carbocycles. The summed E-state index contributed by atoms with van der Waals surface area (Å²) in [6, 6.07) is 2.04. The van der Waals surface area contributed by atoms with Crippen molar-refractivity contribution in [2.24, 2.45) is 5.92 Å². The third-order valence-electron chi connectivity index (χ3n) is 3.29. The Hall–Kier alpha value is -1.20. The second kappa shape index (κ2) is 4.58. The summed E-state index contributed by atoms with van der Waals surface area (Å²) in [6.45, 7) is 3.41. The normalized spacial score (nSPS) is 21.1. The highest BCUT2D eigenvalue weighted by Gasteiger charge is 2.19. The fourth-order valence-corrected chi connectivity index (χ4v) is 3.16. The van der Waals surface area contributed by atoms with E-state index in [-0.39, 0.29) is 0 Å². The van der Waals surface area contributed by atoms with E-state index in [9.17, 15) is 0 Å². The first-order valence-electron chi connectivity index (χ1n) is 5.93. The molecule has 0 bridgehead atoms. The highest BCUT2D eigenvalue weighted by molar-refractivity contribution is 7.17. The molecule has 17 heavy (non-hydrogen) atoms. The molecule has 2 aromatic heterocycles. The maximum absolute atomic E-state index is 4.33. The van der Waals surface area contributed by atoms with Crippen LogP contribution in [0.3, 0.4) is 0 Å². The van der Waals surface area contributed by atoms with E-state index in [1.807, 2.05) is 6.07 Å². The van der Waals surface area contributed by atoms with Crippen molar-refractivity contribution >= 4 is 27.4 Å². The van der Waals surface area contributed by atoms with Gasteiger partial charge in [-0.05, 0) is 37.4 Å². The molecule has 2 aromatic rings. The van der Waals surface area contributed by atoms with Crippen molar-refractivity contribution < 1.29 is 0 Å². The number of likely N-dealkylation sites (tertiary alicyclic amines) is 1. The van der Waals surface area contributed by atoms with Gasteiger partial charge in [0.15, 0.2) is 0 Å². The van der Waals surface area contributed by atoms with Gasteiger partial charge in [-0.25, -0.2) is 9.97 Å². The minimum Gasteiger partial charge on any atom is -0.368 e. The summed E-state index contributed by atoms with van der Waals surface area (Å²) in [6.07, 6.45) is 2.92. The summed E-state index contributed by atoms with van der Waals surface area (Å²) in [5.41, 5.74) is 1.04. The van der Waals surface area contributed by atoms with Crippen LogP contribution in [-0.2, 0) is 0 Å². The summed E-state index contributed by atoms with van der Waals surface area (Å²) in [5.74, 6) is 1.73. The maximum atomic E-state index is 4.33. The van der Waals surface area contributed by atoms with Gasteiger partial charge in [-0.15, -0.1) is 11.3 Å². The van der Waals surface area contributed by atoms with Gasteiger partial charge < -0.3 is 10.2 Å². The Morgan fingerprint density at radius 1 is 1.53 bits per heavy atom. The highest BCUT2D eigenvalue weighted by Crippen LogP contribution is 2.25. The molecule has 1 atom stereocenters. The van der Waals surface area contributed by atoms with Crippen LogP contribution in [0.4, 0.5) is 5.82 Å². The van der Waals surface area contributed by atoms with Gasteiger partial charge >= 0.3 is 0 Å². The molecule has 1 aliphatic heterocycles. The summed E-state index contributed by atoms with van der Waals surface area (Å²) < 4.78 is 1.17. The summed E-state index contributed by atoms with van der Waals surface area (Å²) in [4.78, 5) is 11.0. The molecule has 3 rings (SSSR count).